The number of carbonyl (C=O) groups is 5. The number of rotatable bonds is 3. The van der Waals surface area contributed by atoms with Crippen molar-refractivity contribution in [1.29, 1.82) is 0 Å². The summed E-state index contributed by atoms with van der Waals surface area (Å²) in [5, 5.41) is 24.3. The van der Waals surface area contributed by atoms with E-state index in [1.807, 2.05) is 54.5 Å². The molecule has 1 saturated carbocycles. The van der Waals surface area contributed by atoms with Gasteiger partial charge >= 0.3 is 11.9 Å². The number of ether oxygens (including phenoxy) is 3. The van der Waals surface area contributed by atoms with Crippen LogP contribution < -0.4 is 0 Å². The number of Topliss-reactive ketones (excluding diaryl/α,β-unsaturated/α-hetero) is 3. The van der Waals surface area contributed by atoms with Gasteiger partial charge in [-0.3, -0.25) is 24.0 Å². The van der Waals surface area contributed by atoms with E-state index in [1.54, 1.807) is 6.92 Å². The summed E-state index contributed by atoms with van der Waals surface area (Å²) in [4.78, 5) is 70.0. The standard InChI is InChI=1S/C43H66O10/c1-24(2)30-21-33(45)27(5)13-11-12-25(3)19-34(46)31-20-28(6)39-32(43(31,23-35(30)47)40(49)51-10)18-26(4)14-15-38(52-29(7)44)42(9)17-16-37(53-42)41(8,50)22-36(39)48/h18,24-25,27,30-32,36-38,48,50H,11-17,19-23H2,1-10H3/b26-18+/t25-,27+,30-,31+,32-,36+,37-,38-,41-,42-,43+/m0/s1. The third-order valence-corrected chi connectivity index (χ3v) is 13.2. The molecule has 0 amide bonds. The zero-order valence-corrected chi connectivity index (χ0v) is 33.9. The second-order valence-electron chi connectivity index (χ2n) is 18.0. The van der Waals surface area contributed by atoms with Crippen LogP contribution in [-0.2, 0) is 38.2 Å². The van der Waals surface area contributed by atoms with Crippen LogP contribution in [0.15, 0.2) is 22.8 Å². The van der Waals surface area contributed by atoms with E-state index in [0.717, 1.165) is 24.0 Å². The van der Waals surface area contributed by atoms with Crippen molar-refractivity contribution in [3.8, 4) is 0 Å². The normalized spacial score (nSPS) is 40.8. The van der Waals surface area contributed by atoms with Crippen LogP contribution in [0.2, 0.25) is 0 Å². The fraction of sp³-hybridized carbons (Fsp3) is 0.791. The lowest BCUT2D eigenvalue weighted by molar-refractivity contribution is -0.185. The van der Waals surface area contributed by atoms with Gasteiger partial charge in [0.25, 0.3) is 0 Å². The molecule has 53 heavy (non-hydrogen) atoms. The Labute approximate surface area is 316 Å². The minimum Gasteiger partial charge on any atom is -0.469 e. The molecule has 2 aliphatic heterocycles. The highest BCUT2D eigenvalue weighted by molar-refractivity contribution is 5.97. The summed E-state index contributed by atoms with van der Waals surface area (Å²) in [6.45, 7) is 16.4. The maximum absolute atomic E-state index is 14.8. The molecule has 0 spiro atoms. The summed E-state index contributed by atoms with van der Waals surface area (Å²) in [7, 11) is 1.27. The molecule has 2 heterocycles. The van der Waals surface area contributed by atoms with E-state index in [9.17, 15) is 34.2 Å². The molecule has 0 aromatic carbocycles. The van der Waals surface area contributed by atoms with Crippen LogP contribution in [0.1, 0.15) is 139 Å². The summed E-state index contributed by atoms with van der Waals surface area (Å²) in [5.74, 6) is -4.55. The zero-order chi connectivity index (χ0) is 39.6. The summed E-state index contributed by atoms with van der Waals surface area (Å²) >= 11 is 0. The van der Waals surface area contributed by atoms with E-state index in [1.165, 1.54) is 14.0 Å². The Balaban J connectivity index is 1.99. The van der Waals surface area contributed by atoms with Gasteiger partial charge in [-0.1, -0.05) is 57.8 Å². The molecule has 0 aromatic heterocycles. The van der Waals surface area contributed by atoms with Crippen LogP contribution in [0.4, 0.5) is 0 Å². The molecular formula is C43H66O10. The van der Waals surface area contributed by atoms with E-state index in [-0.39, 0.29) is 67.2 Å². The lowest BCUT2D eigenvalue weighted by atomic mass is 9.52. The number of hydrogen-bond donors (Lipinski definition) is 2. The third-order valence-electron chi connectivity index (χ3n) is 13.2. The number of allylic oxidation sites excluding steroid dienone is 3. The predicted molar refractivity (Wildman–Crippen MR) is 200 cm³/mol. The Hall–Kier alpha value is -2.69. The van der Waals surface area contributed by atoms with Gasteiger partial charge in [-0.2, -0.15) is 0 Å². The van der Waals surface area contributed by atoms with Crippen molar-refractivity contribution in [2.75, 3.05) is 7.11 Å². The van der Waals surface area contributed by atoms with Gasteiger partial charge in [0, 0.05) is 56.3 Å². The van der Waals surface area contributed by atoms with Gasteiger partial charge in [0.05, 0.1) is 30.3 Å². The Bertz CT molecular complexity index is 1470. The molecule has 2 bridgehead atoms. The fourth-order valence-corrected chi connectivity index (χ4v) is 9.93. The largest absolute Gasteiger partial charge is 0.469 e. The van der Waals surface area contributed by atoms with Crippen molar-refractivity contribution in [2.45, 2.75) is 169 Å². The topological polar surface area (TPSA) is 154 Å². The number of esters is 2. The quantitative estimate of drug-likeness (QED) is 0.233. The SMILES string of the molecule is COC(=O)[C@]12CC(=O)[C@H](C(C)C)CC(=O)[C@H](C)CCC[C@H](C)CC(=O)[C@H]1CC(C)=C1[C@H](O)C[C@](C)(O)[C@@H]3CC[C@](C)(O3)[C@@H](OC(C)=O)CC/C(C)=C/[C@@H]12. The van der Waals surface area contributed by atoms with Gasteiger partial charge in [0.15, 0.2) is 0 Å². The summed E-state index contributed by atoms with van der Waals surface area (Å²) in [6.07, 6.45) is 3.28. The van der Waals surface area contributed by atoms with E-state index >= 15 is 0 Å². The van der Waals surface area contributed by atoms with Crippen LogP contribution in [0.25, 0.3) is 0 Å². The number of aliphatic hydroxyl groups is 2. The highest BCUT2D eigenvalue weighted by Crippen LogP contribution is 2.56. The molecular weight excluding hydrogens is 676 g/mol. The van der Waals surface area contributed by atoms with Crippen LogP contribution in [-0.4, -0.2) is 76.1 Å². The summed E-state index contributed by atoms with van der Waals surface area (Å²) < 4.78 is 18.0. The van der Waals surface area contributed by atoms with E-state index < -0.39 is 64.6 Å². The van der Waals surface area contributed by atoms with Gasteiger partial charge in [0.2, 0.25) is 0 Å². The van der Waals surface area contributed by atoms with Crippen LogP contribution >= 0.6 is 0 Å². The smallest absolute Gasteiger partial charge is 0.313 e. The molecule has 4 rings (SSSR count). The Morgan fingerprint density at radius 3 is 2.26 bits per heavy atom. The third kappa shape index (κ3) is 9.24. The first-order valence-electron chi connectivity index (χ1n) is 20.0. The second kappa shape index (κ2) is 17.0. The van der Waals surface area contributed by atoms with Gasteiger partial charge in [0.1, 0.15) is 29.1 Å². The Morgan fingerprint density at radius 2 is 1.64 bits per heavy atom. The van der Waals surface area contributed by atoms with Crippen molar-refractivity contribution in [1.82, 2.24) is 0 Å². The number of methoxy groups -OCH3 is 1. The van der Waals surface area contributed by atoms with Crippen molar-refractivity contribution in [3.05, 3.63) is 22.8 Å². The van der Waals surface area contributed by atoms with Gasteiger partial charge in [-0.15, -0.1) is 0 Å². The number of fused-ring (bicyclic) bond motifs is 5. The molecule has 4 aliphatic rings. The molecule has 0 radical (unpaired) electrons. The minimum atomic E-state index is -1.73. The Morgan fingerprint density at radius 1 is 0.962 bits per heavy atom. The van der Waals surface area contributed by atoms with Crippen molar-refractivity contribution in [3.63, 3.8) is 0 Å². The Kier molecular flexibility index (Phi) is 13.8. The highest BCUT2D eigenvalue weighted by Gasteiger charge is 2.60. The first-order chi connectivity index (χ1) is 24.7. The number of aliphatic hydroxyl groups excluding tert-OH is 1. The molecule has 10 nitrogen and oxygen atoms in total. The number of ketones is 3. The highest BCUT2D eigenvalue weighted by atomic mass is 16.6. The van der Waals surface area contributed by atoms with Crippen molar-refractivity contribution >= 4 is 29.3 Å². The van der Waals surface area contributed by atoms with E-state index in [2.05, 4.69) is 0 Å². The lowest BCUT2D eigenvalue weighted by Crippen LogP contribution is -2.55. The average molecular weight is 743 g/mol. The lowest BCUT2D eigenvalue weighted by Gasteiger charge is -2.49. The van der Waals surface area contributed by atoms with Crippen molar-refractivity contribution in [2.24, 2.45) is 40.9 Å². The van der Waals surface area contributed by atoms with Crippen LogP contribution in [0, 0.1) is 40.9 Å². The van der Waals surface area contributed by atoms with Gasteiger partial charge in [-0.05, 0) is 83.6 Å². The second-order valence-corrected chi connectivity index (χ2v) is 18.0. The molecule has 1 saturated heterocycles. The molecule has 2 N–H and O–H groups in total. The van der Waals surface area contributed by atoms with Crippen LogP contribution in [0.5, 0.6) is 0 Å². The first-order valence-corrected chi connectivity index (χ1v) is 20.0. The first kappa shape index (κ1) is 43.0. The average Bonchev–Trinajstić information content (AvgIpc) is 3.48. The fourth-order valence-electron chi connectivity index (χ4n) is 9.93. The molecule has 0 unspecified atom stereocenters. The van der Waals surface area contributed by atoms with Crippen LogP contribution in [0.3, 0.4) is 0 Å². The minimum absolute atomic E-state index is 0.0130. The molecule has 10 heteroatoms. The van der Waals surface area contributed by atoms with Gasteiger partial charge < -0.3 is 24.4 Å². The monoisotopic (exact) mass is 742 g/mol. The summed E-state index contributed by atoms with van der Waals surface area (Å²) in [5.41, 5.74) is -2.09. The van der Waals surface area contributed by atoms with Gasteiger partial charge in [-0.25, -0.2) is 0 Å². The van der Waals surface area contributed by atoms with Crippen molar-refractivity contribution < 1.29 is 48.4 Å². The number of hydrogen-bond acceptors (Lipinski definition) is 10. The van der Waals surface area contributed by atoms with E-state index in [4.69, 9.17) is 14.2 Å². The molecule has 298 valence electrons. The zero-order valence-electron chi connectivity index (χ0n) is 33.9. The van der Waals surface area contributed by atoms with E-state index in [0.29, 0.717) is 37.7 Å². The predicted octanol–water partition coefficient (Wildman–Crippen LogP) is 6.82. The maximum atomic E-state index is 14.8. The molecule has 2 fully saturated rings. The molecule has 11 atom stereocenters. The number of carbonyl (C=O) groups excluding carboxylic acids is 5. The molecule has 0 aromatic rings. The maximum Gasteiger partial charge on any atom is 0.313 e. The molecule has 2 aliphatic carbocycles. The summed E-state index contributed by atoms with van der Waals surface area (Å²) in [6, 6.07) is 0.